The van der Waals surface area contributed by atoms with Crippen molar-refractivity contribution in [2.45, 2.75) is 115 Å². The van der Waals surface area contributed by atoms with Crippen LogP contribution in [-0.2, 0) is 24.7 Å². The fourth-order valence-electron chi connectivity index (χ4n) is 5.27. The van der Waals surface area contributed by atoms with Crippen LogP contribution in [0.3, 0.4) is 0 Å². The Hall–Kier alpha value is -0.666. The van der Waals surface area contributed by atoms with Gasteiger partial charge in [-0.2, -0.15) is 0 Å². The molecule has 2 rings (SSSR count). The minimum absolute atomic E-state index is 0.502. The smallest absolute Gasteiger partial charge is 0.363 e. The van der Waals surface area contributed by atoms with Crippen molar-refractivity contribution in [1.29, 1.82) is 0 Å². The second-order valence-electron chi connectivity index (χ2n) is 10.7. The van der Waals surface area contributed by atoms with Gasteiger partial charge >= 0.3 is 17.1 Å². The van der Waals surface area contributed by atoms with Crippen LogP contribution in [0.5, 0.6) is 0 Å². The molecule has 2 aromatic rings. The van der Waals surface area contributed by atoms with Gasteiger partial charge in [-0.15, -0.1) is 23.2 Å². The maximum atomic E-state index is 7.47. The number of hydrogen-bond donors (Lipinski definition) is 0. The van der Waals surface area contributed by atoms with Gasteiger partial charge in [0, 0.05) is 26.0 Å². The predicted octanol–water partition coefficient (Wildman–Crippen LogP) is 9.19. The molecule has 0 aromatic heterocycles. The maximum Gasteiger partial charge on any atom is 0.363 e. The van der Waals surface area contributed by atoms with Crippen molar-refractivity contribution < 1.29 is 13.0 Å². The molecule has 0 heterocycles. The summed E-state index contributed by atoms with van der Waals surface area (Å²) in [6.45, 7) is 4.53. The van der Waals surface area contributed by atoms with Crippen molar-refractivity contribution in [3.05, 3.63) is 59.7 Å². The Bertz CT molecular complexity index is 824. The van der Waals surface area contributed by atoms with Gasteiger partial charge in [0.25, 0.3) is 0 Å². The minimum atomic E-state index is -2.82. The number of alkyl halides is 2. The number of hydrogen-bond acceptors (Lipinski definition) is 3. The fourth-order valence-corrected chi connectivity index (χ4v) is 14.4. The lowest BCUT2D eigenvalue weighted by Gasteiger charge is -2.40. The van der Waals surface area contributed by atoms with E-state index in [4.69, 9.17) is 36.2 Å². The van der Waals surface area contributed by atoms with Crippen molar-refractivity contribution in [3.63, 3.8) is 0 Å². The van der Waals surface area contributed by atoms with E-state index in [1.165, 1.54) is 74.6 Å². The molecule has 39 heavy (non-hydrogen) atoms. The molecule has 2 aromatic carbocycles. The SMILES string of the molecule is CCCCCCCC[Si](OC)(O[Si](CCCCCCCC)(OC)c1ccc(CCl)cc1)c1ccc(CCl)cc1. The molecular formula is C32H52Cl2O3Si2. The van der Waals surface area contributed by atoms with E-state index in [2.05, 4.69) is 62.4 Å². The van der Waals surface area contributed by atoms with Gasteiger partial charge in [0.05, 0.1) is 0 Å². The van der Waals surface area contributed by atoms with Gasteiger partial charge in [-0.05, 0) is 33.6 Å². The van der Waals surface area contributed by atoms with Gasteiger partial charge in [-0.3, -0.25) is 0 Å². The first-order valence-electron chi connectivity index (χ1n) is 15.1. The summed E-state index contributed by atoms with van der Waals surface area (Å²) in [6, 6.07) is 19.0. The molecule has 0 amide bonds. The first kappa shape index (κ1) is 34.5. The molecule has 2 unspecified atom stereocenters. The van der Waals surface area contributed by atoms with E-state index in [9.17, 15) is 0 Å². The van der Waals surface area contributed by atoms with E-state index in [-0.39, 0.29) is 0 Å². The van der Waals surface area contributed by atoms with Gasteiger partial charge in [-0.25, -0.2) is 0 Å². The number of unbranched alkanes of at least 4 members (excludes halogenated alkanes) is 10. The number of benzene rings is 2. The summed E-state index contributed by atoms with van der Waals surface area (Å²) in [5, 5.41) is 2.34. The summed E-state index contributed by atoms with van der Waals surface area (Å²) in [6.07, 6.45) is 14.8. The summed E-state index contributed by atoms with van der Waals surface area (Å²) in [4.78, 5) is 0. The van der Waals surface area contributed by atoms with Crippen LogP contribution in [0.25, 0.3) is 0 Å². The van der Waals surface area contributed by atoms with Crippen LogP contribution in [0.2, 0.25) is 12.1 Å². The van der Waals surface area contributed by atoms with Crippen molar-refractivity contribution in [3.8, 4) is 0 Å². The molecule has 0 aliphatic heterocycles. The first-order chi connectivity index (χ1) is 19.0. The molecule has 3 nitrogen and oxygen atoms in total. The highest BCUT2D eigenvalue weighted by Crippen LogP contribution is 2.28. The zero-order valence-corrected chi connectivity index (χ0v) is 28.4. The van der Waals surface area contributed by atoms with Crippen LogP contribution >= 0.6 is 23.2 Å². The second kappa shape index (κ2) is 19.5. The normalized spacial score (nSPS) is 14.7. The molecule has 0 saturated carbocycles. The molecule has 220 valence electrons. The molecule has 2 atom stereocenters. The highest BCUT2D eigenvalue weighted by Gasteiger charge is 2.50. The van der Waals surface area contributed by atoms with Crippen molar-refractivity contribution in [1.82, 2.24) is 0 Å². The zero-order valence-electron chi connectivity index (χ0n) is 24.9. The topological polar surface area (TPSA) is 27.7 Å². The van der Waals surface area contributed by atoms with E-state index in [1.807, 2.05) is 14.2 Å². The van der Waals surface area contributed by atoms with E-state index in [1.54, 1.807) is 0 Å². The largest absolute Gasteiger partial charge is 0.408 e. The Morgan fingerprint density at radius 1 is 0.513 bits per heavy atom. The average Bonchev–Trinajstić information content (AvgIpc) is 2.99. The first-order valence-corrected chi connectivity index (χ1v) is 20.3. The van der Waals surface area contributed by atoms with Gasteiger partial charge < -0.3 is 13.0 Å². The van der Waals surface area contributed by atoms with Gasteiger partial charge in [0.2, 0.25) is 0 Å². The van der Waals surface area contributed by atoms with Crippen LogP contribution < -0.4 is 10.4 Å². The number of rotatable bonds is 22. The molecule has 0 spiro atoms. The van der Waals surface area contributed by atoms with Crippen LogP contribution in [-0.4, -0.2) is 31.3 Å². The predicted molar refractivity (Wildman–Crippen MR) is 174 cm³/mol. The quantitative estimate of drug-likeness (QED) is 0.0755. The molecule has 0 aliphatic rings. The van der Waals surface area contributed by atoms with Crippen molar-refractivity contribution >= 4 is 50.7 Å². The third-order valence-electron chi connectivity index (χ3n) is 7.80. The second-order valence-corrected chi connectivity index (χ2v) is 18.0. The summed E-state index contributed by atoms with van der Waals surface area (Å²) < 4.78 is 20.5. The van der Waals surface area contributed by atoms with E-state index in [0.717, 1.165) is 36.1 Å². The Kier molecular flexibility index (Phi) is 17.2. The van der Waals surface area contributed by atoms with Gasteiger partial charge in [-0.1, -0.05) is 139 Å². The molecule has 0 fully saturated rings. The van der Waals surface area contributed by atoms with Crippen LogP contribution in [0, 0.1) is 0 Å². The Balaban J connectivity index is 2.41. The van der Waals surface area contributed by atoms with Gasteiger partial charge in [0.1, 0.15) is 0 Å². The molecule has 0 aliphatic carbocycles. The molecule has 0 N–H and O–H groups in total. The van der Waals surface area contributed by atoms with Gasteiger partial charge in [0.15, 0.2) is 0 Å². The van der Waals surface area contributed by atoms with Crippen LogP contribution in [0.4, 0.5) is 0 Å². The number of halogens is 2. The molecular weight excluding hydrogens is 559 g/mol. The Morgan fingerprint density at radius 3 is 1.15 bits per heavy atom. The standard InChI is InChI=1S/C32H52Cl2O3Si2/c1-5-7-9-11-13-15-25-38(35-3,31-21-17-29(27-33)18-22-31)37-39(36-4,26-16-14-12-10-8-6-2)32-23-19-30(28-34)20-24-32/h17-24H,5-16,25-28H2,1-4H3. The molecule has 0 bridgehead atoms. The Morgan fingerprint density at radius 2 is 0.846 bits per heavy atom. The summed E-state index contributed by atoms with van der Waals surface area (Å²) >= 11 is 12.3. The minimum Gasteiger partial charge on any atom is -0.408 e. The summed E-state index contributed by atoms with van der Waals surface area (Å²) in [7, 11) is -1.96. The highest BCUT2D eigenvalue weighted by molar-refractivity contribution is 6.93. The lowest BCUT2D eigenvalue weighted by Crippen LogP contribution is -2.65. The zero-order chi connectivity index (χ0) is 28.4. The van der Waals surface area contributed by atoms with Crippen molar-refractivity contribution in [2.24, 2.45) is 0 Å². The van der Waals surface area contributed by atoms with Crippen molar-refractivity contribution in [2.75, 3.05) is 14.2 Å². The summed E-state index contributed by atoms with van der Waals surface area (Å²) in [5.74, 6) is 1.00. The highest BCUT2D eigenvalue weighted by atomic mass is 35.5. The maximum absolute atomic E-state index is 7.47. The van der Waals surface area contributed by atoms with Crippen LogP contribution in [0.15, 0.2) is 48.5 Å². The molecule has 7 heteroatoms. The van der Waals surface area contributed by atoms with E-state index in [0.29, 0.717) is 11.8 Å². The third-order valence-corrected chi connectivity index (χ3v) is 16.8. The fraction of sp³-hybridized carbons (Fsp3) is 0.625. The molecule has 0 radical (unpaired) electrons. The van der Waals surface area contributed by atoms with E-state index < -0.39 is 17.1 Å². The lowest BCUT2D eigenvalue weighted by molar-refractivity contribution is 0.248. The third kappa shape index (κ3) is 10.9. The van der Waals surface area contributed by atoms with Crippen LogP contribution in [0.1, 0.15) is 102 Å². The summed E-state index contributed by atoms with van der Waals surface area (Å²) in [5.41, 5.74) is 2.22. The monoisotopic (exact) mass is 610 g/mol. The Labute approximate surface area is 251 Å². The van der Waals surface area contributed by atoms with E-state index >= 15 is 0 Å². The average molecular weight is 612 g/mol. The molecule has 0 saturated heterocycles. The lowest BCUT2D eigenvalue weighted by atomic mass is 10.1.